The molecule has 1 aromatic heterocycles. The van der Waals surface area contributed by atoms with Crippen LogP contribution in [0.15, 0.2) is 103 Å². The number of carbonyl (C=O) groups is 2. The van der Waals surface area contributed by atoms with Gasteiger partial charge in [-0.15, -0.1) is 0 Å². The van der Waals surface area contributed by atoms with Gasteiger partial charge in [-0.1, -0.05) is 36.4 Å². The maximum Gasteiger partial charge on any atom is 0.256 e. The molecule has 1 heterocycles. The fourth-order valence-corrected chi connectivity index (χ4v) is 3.83. The number of benzene rings is 4. The van der Waals surface area contributed by atoms with Crippen molar-refractivity contribution in [3.63, 3.8) is 0 Å². The summed E-state index contributed by atoms with van der Waals surface area (Å²) in [7, 11) is 1.58. The van der Waals surface area contributed by atoms with E-state index < -0.39 is 0 Å². The van der Waals surface area contributed by atoms with E-state index in [0.717, 1.165) is 16.5 Å². The number of amides is 2. The summed E-state index contributed by atoms with van der Waals surface area (Å²) in [5.41, 5.74) is 2.50. The molecule has 5 aromatic rings. The Morgan fingerprint density at radius 2 is 1.59 bits per heavy atom. The predicted octanol–water partition coefficient (Wildman–Crippen LogP) is 5.78. The number of ether oxygens (including phenoxy) is 1. The van der Waals surface area contributed by atoms with Crippen LogP contribution in [0, 0.1) is 0 Å². The number of para-hydroxylation sites is 1. The number of hydrogen-bond donors (Lipinski definition) is 3. The Hall–Kier alpha value is -5.24. The molecule has 2 amide bonds. The molecule has 0 fully saturated rings. The maximum atomic E-state index is 12.9. The quantitative estimate of drug-likeness (QED) is 0.268. The van der Waals surface area contributed by atoms with Crippen LogP contribution in [0.2, 0.25) is 0 Å². The second-order valence-corrected chi connectivity index (χ2v) is 8.11. The molecule has 4 aromatic carbocycles. The Kier molecular flexibility index (Phi) is 6.72. The number of rotatable bonds is 7. The molecule has 0 aliphatic carbocycles. The van der Waals surface area contributed by atoms with E-state index >= 15 is 0 Å². The van der Waals surface area contributed by atoms with E-state index in [1.807, 2.05) is 60.7 Å². The van der Waals surface area contributed by atoms with Gasteiger partial charge in [0.1, 0.15) is 5.75 Å². The zero-order valence-corrected chi connectivity index (χ0v) is 19.9. The minimum Gasteiger partial charge on any atom is -0.439 e. The van der Waals surface area contributed by atoms with Crippen LogP contribution in [0.5, 0.6) is 11.6 Å². The number of fused-ring (bicyclic) bond motifs is 1. The Morgan fingerprint density at radius 1 is 0.784 bits per heavy atom. The highest BCUT2D eigenvalue weighted by molar-refractivity contribution is 6.13. The van der Waals surface area contributed by atoms with Gasteiger partial charge in [-0.05, 0) is 65.4 Å². The molecule has 0 spiro atoms. The summed E-state index contributed by atoms with van der Waals surface area (Å²) in [6.07, 6.45) is 1.58. The fraction of sp³-hybridized carbons (Fsp3) is 0.0345. The third-order valence-corrected chi connectivity index (χ3v) is 5.59. The minimum absolute atomic E-state index is 0.182. The molecular weight excluding hydrogens is 466 g/mol. The highest BCUT2D eigenvalue weighted by Crippen LogP contribution is 2.28. The molecule has 8 nitrogen and oxygen atoms in total. The Balaban J connectivity index is 1.33. The van der Waals surface area contributed by atoms with Crippen LogP contribution in [0.3, 0.4) is 0 Å². The first-order valence-electron chi connectivity index (χ1n) is 11.6. The van der Waals surface area contributed by atoms with Crippen molar-refractivity contribution in [3.8, 4) is 11.6 Å². The second kappa shape index (κ2) is 10.6. The van der Waals surface area contributed by atoms with Crippen LogP contribution < -0.4 is 20.7 Å². The summed E-state index contributed by atoms with van der Waals surface area (Å²) in [6.45, 7) is 0. The molecule has 0 aliphatic rings. The standard InChI is InChI=1S/C29H23N5O3/c1-30-27(35)20-8-5-11-22(17-20)33-29-31-16-15-26(34-29)37-23-13-14-24-19(18-23)7-6-12-25(24)28(36)32-21-9-3-2-4-10-21/h2-18H,1H3,(H,30,35)(H,32,36)(H,31,33,34). The van der Waals surface area contributed by atoms with Crippen LogP contribution >= 0.6 is 0 Å². The van der Waals surface area contributed by atoms with E-state index in [1.54, 1.807) is 49.6 Å². The number of carbonyl (C=O) groups excluding carboxylic acids is 2. The van der Waals surface area contributed by atoms with Crippen molar-refractivity contribution < 1.29 is 14.3 Å². The lowest BCUT2D eigenvalue weighted by Gasteiger charge is -2.11. The molecule has 37 heavy (non-hydrogen) atoms. The SMILES string of the molecule is CNC(=O)c1cccc(Nc2nccc(Oc3ccc4c(C(=O)Nc5ccccc5)cccc4c3)n2)c1. The average Bonchev–Trinajstić information content (AvgIpc) is 2.93. The number of nitrogens with one attached hydrogen (secondary N) is 3. The van der Waals surface area contributed by atoms with Gasteiger partial charge in [0.05, 0.1) is 0 Å². The first-order valence-corrected chi connectivity index (χ1v) is 11.6. The largest absolute Gasteiger partial charge is 0.439 e. The molecule has 3 N–H and O–H groups in total. The van der Waals surface area contributed by atoms with Gasteiger partial charge < -0.3 is 20.7 Å². The summed E-state index contributed by atoms with van der Waals surface area (Å²) in [5, 5.41) is 10.3. The fourth-order valence-electron chi connectivity index (χ4n) is 3.83. The van der Waals surface area contributed by atoms with Gasteiger partial charge >= 0.3 is 0 Å². The van der Waals surface area contributed by atoms with Crippen LogP contribution in [-0.4, -0.2) is 28.8 Å². The lowest BCUT2D eigenvalue weighted by molar-refractivity contribution is 0.0962. The molecule has 5 rings (SSSR count). The normalized spacial score (nSPS) is 10.5. The molecule has 8 heteroatoms. The maximum absolute atomic E-state index is 12.9. The van der Waals surface area contributed by atoms with Gasteiger partial charge in [0, 0.05) is 41.8 Å². The third kappa shape index (κ3) is 5.54. The van der Waals surface area contributed by atoms with Crippen molar-refractivity contribution in [2.75, 3.05) is 17.7 Å². The van der Waals surface area contributed by atoms with E-state index in [9.17, 15) is 9.59 Å². The monoisotopic (exact) mass is 489 g/mol. The van der Waals surface area contributed by atoms with Crippen LogP contribution in [-0.2, 0) is 0 Å². The van der Waals surface area contributed by atoms with Crippen molar-refractivity contribution in [3.05, 3.63) is 114 Å². The zero-order valence-electron chi connectivity index (χ0n) is 19.9. The van der Waals surface area contributed by atoms with E-state index in [1.165, 1.54) is 0 Å². The molecule has 0 bridgehead atoms. The highest BCUT2D eigenvalue weighted by atomic mass is 16.5. The molecule has 182 valence electrons. The Morgan fingerprint density at radius 3 is 2.43 bits per heavy atom. The topological polar surface area (TPSA) is 105 Å². The number of nitrogens with zero attached hydrogens (tertiary/aromatic N) is 2. The summed E-state index contributed by atoms with van der Waals surface area (Å²) in [6, 6.07) is 29.1. The smallest absolute Gasteiger partial charge is 0.256 e. The summed E-state index contributed by atoms with van der Waals surface area (Å²) < 4.78 is 5.98. The first-order chi connectivity index (χ1) is 18.1. The summed E-state index contributed by atoms with van der Waals surface area (Å²) >= 11 is 0. The predicted molar refractivity (Wildman–Crippen MR) is 144 cm³/mol. The van der Waals surface area contributed by atoms with E-state index in [4.69, 9.17) is 4.74 Å². The Bertz CT molecular complexity index is 1590. The van der Waals surface area contributed by atoms with Crippen molar-refractivity contribution in [2.24, 2.45) is 0 Å². The average molecular weight is 490 g/mol. The molecule has 0 atom stereocenters. The highest BCUT2D eigenvalue weighted by Gasteiger charge is 2.12. The van der Waals surface area contributed by atoms with Crippen LogP contribution in [0.25, 0.3) is 10.8 Å². The van der Waals surface area contributed by atoms with Crippen molar-refractivity contribution >= 4 is 39.9 Å². The number of hydrogen-bond acceptors (Lipinski definition) is 6. The van der Waals surface area contributed by atoms with E-state index in [0.29, 0.717) is 34.4 Å². The molecule has 0 aliphatic heterocycles. The number of anilines is 3. The van der Waals surface area contributed by atoms with E-state index in [2.05, 4.69) is 25.9 Å². The number of aromatic nitrogens is 2. The Labute approximate surface area is 213 Å². The van der Waals surface area contributed by atoms with E-state index in [-0.39, 0.29) is 11.8 Å². The second-order valence-electron chi connectivity index (χ2n) is 8.11. The zero-order chi connectivity index (χ0) is 25.6. The van der Waals surface area contributed by atoms with Gasteiger partial charge in [0.2, 0.25) is 11.8 Å². The summed E-state index contributed by atoms with van der Waals surface area (Å²) in [5.74, 6) is 0.875. The summed E-state index contributed by atoms with van der Waals surface area (Å²) in [4.78, 5) is 33.4. The van der Waals surface area contributed by atoms with Gasteiger partial charge in [0.25, 0.3) is 11.8 Å². The van der Waals surface area contributed by atoms with Crippen molar-refractivity contribution in [2.45, 2.75) is 0 Å². The van der Waals surface area contributed by atoms with Crippen LogP contribution in [0.4, 0.5) is 17.3 Å². The van der Waals surface area contributed by atoms with Gasteiger partial charge in [-0.25, -0.2) is 4.98 Å². The first kappa shape index (κ1) is 23.5. The molecule has 0 saturated heterocycles. The molecule has 0 radical (unpaired) electrons. The lowest BCUT2D eigenvalue weighted by Crippen LogP contribution is -2.17. The van der Waals surface area contributed by atoms with Crippen molar-refractivity contribution in [1.29, 1.82) is 0 Å². The molecule has 0 unspecified atom stereocenters. The van der Waals surface area contributed by atoms with Gasteiger partial charge in [-0.3, -0.25) is 9.59 Å². The van der Waals surface area contributed by atoms with Gasteiger partial charge in [0.15, 0.2) is 0 Å². The third-order valence-electron chi connectivity index (χ3n) is 5.59. The minimum atomic E-state index is -0.183. The van der Waals surface area contributed by atoms with Crippen LogP contribution in [0.1, 0.15) is 20.7 Å². The van der Waals surface area contributed by atoms with Gasteiger partial charge in [-0.2, -0.15) is 4.98 Å². The van der Waals surface area contributed by atoms with Crippen molar-refractivity contribution in [1.82, 2.24) is 15.3 Å². The molecular formula is C29H23N5O3. The lowest BCUT2D eigenvalue weighted by atomic mass is 10.0. The molecule has 0 saturated carbocycles.